The Balaban J connectivity index is 1.50. The van der Waals surface area contributed by atoms with Crippen molar-refractivity contribution in [1.29, 1.82) is 5.26 Å². The van der Waals surface area contributed by atoms with Crippen LogP contribution in [-0.2, 0) is 29.4 Å². The number of aromatic nitrogens is 2. The number of sulfonamides is 1. The van der Waals surface area contributed by atoms with Crippen LogP contribution < -0.4 is 15.0 Å². The van der Waals surface area contributed by atoms with E-state index in [0.29, 0.717) is 44.8 Å². The van der Waals surface area contributed by atoms with Crippen LogP contribution in [0.25, 0.3) is 22.0 Å². The van der Waals surface area contributed by atoms with Crippen molar-refractivity contribution in [3.63, 3.8) is 0 Å². The number of aromatic amines is 1. The van der Waals surface area contributed by atoms with E-state index in [1.54, 1.807) is 66.3 Å². The lowest BCUT2D eigenvalue weighted by Crippen LogP contribution is -2.24. The van der Waals surface area contributed by atoms with Crippen LogP contribution in [0.4, 0.5) is 8.78 Å². The van der Waals surface area contributed by atoms with Crippen molar-refractivity contribution in [2.75, 3.05) is 0 Å². The third-order valence-electron chi connectivity index (χ3n) is 6.28. The molecule has 0 aliphatic heterocycles. The second-order valence-corrected chi connectivity index (χ2v) is 10.9. The van der Waals surface area contributed by atoms with Gasteiger partial charge in [-0.2, -0.15) is 5.26 Å². The third-order valence-corrected chi connectivity index (χ3v) is 7.58. The molecular weight excluding hydrogens is 538 g/mol. The summed E-state index contributed by atoms with van der Waals surface area (Å²) in [6, 6.07) is 17.8. The highest BCUT2D eigenvalue weighted by molar-refractivity contribution is 7.88. The Hall–Kier alpha value is -4.79. The van der Waals surface area contributed by atoms with E-state index in [2.05, 4.69) is 9.71 Å². The van der Waals surface area contributed by atoms with Gasteiger partial charge in [-0.3, -0.25) is 4.79 Å². The molecule has 11 heteroatoms. The number of nitriles is 1. The minimum atomic E-state index is -3.73. The molecule has 8 nitrogen and oxygen atoms in total. The van der Waals surface area contributed by atoms with Gasteiger partial charge in [0.25, 0.3) is 5.56 Å². The fourth-order valence-corrected chi connectivity index (χ4v) is 5.50. The summed E-state index contributed by atoms with van der Waals surface area (Å²) in [7, 11) is -2.02. The van der Waals surface area contributed by atoms with Gasteiger partial charge in [0.2, 0.25) is 10.0 Å². The topological polar surface area (TPSA) is 117 Å². The normalized spacial score (nSPS) is 11.4. The summed E-state index contributed by atoms with van der Waals surface area (Å²) in [5.74, 6) is -1.89. The minimum Gasteiger partial charge on any atom is -0.454 e. The summed E-state index contributed by atoms with van der Waals surface area (Å²) in [6.07, 6.45) is 3.23. The molecule has 3 aromatic carbocycles. The standard InChI is InChI=1S/C29H22F2N4O4S/c1-35-16-24(22-10-11-33-29(36)28(22)35)23-12-20(6-8-26(23)39-27-9-7-21(30)13-25(27)31)15-34-40(37,38)17-19-4-2-18(14-32)3-5-19/h2-13,16,34H,15,17H2,1H3,(H,33,36). The average Bonchev–Trinajstić information content (AvgIpc) is 3.27. The number of ether oxygens (including phenoxy) is 1. The van der Waals surface area contributed by atoms with Crippen LogP contribution in [0.2, 0.25) is 0 Å². The first-order valence-electron chi connectivity index (χ1n) is 12.0. The third kappa shape index (κ3) is 5.63. The number of pyridine rings is 1. The van der Waals surface area contributed by atoms with Gasteiger partial charge in [0.1, 0.15) is 17.1 Å². The van der Waals surface area contributed by atoms with Crippen LogP contribution in [0.5, 0.6) is 11.5 Å². The molecule has 202 valence electrons. The second-order valence-electron chi connectivity index (χ2n) is 9.12. The number of aryl methyl sites for hydroxylation is 1. The van der Waals surface area contributed by atoms with E-state index in [0.717, 1.165) is 6.07 Å². The molecule has 2 heterocycles. The predicted molar refractivity (Wildman–Crippen MR) is 146 cm³/mol. The molecule has 0 aliphatic rings. The molecule has 0 saturated carbocycles. The van der Waals surface area contributed by atoms with Gasteiger partial charge >= 0.3 is 0 Å². The molecule has 0 spiro atoms. The molecule has 0 aliphatic carbocycles. The molecule has 5 rings (SSSR count). The first kappa shape index (κ1) is 26.8. The maximum Gasteiger partial charge on any atom is 0.272 e. The van der Waals surface area contributed by atoms with Gasteiger partial charge in [0.15, 0.2) is 11.6 Å². The molecule has 0 saturated heterocycles. The summed E-state index contributed by atoms with van der Waals surface area (Å²) in [6.45, 7) is -0.0534. The summed E-state index contributed by atoms with van der Waals surface area (Å²) in [5.41, 5.74) is 2.72. The molecule has 0 fully saturated rings. The highest BCUT2D eigenvalue weighted by Gasteiger charge is 2.19. The average molecular weight is 561 g/mol. The van der Waals surface area contributed by atoms with Crippen molar-refractivity contribution in [2.24, 2.45) is 7.05 Å². The van der Waals surface area contributed by atoms with Crippen LogP contribution >= 0.6 is 0 Å². The Bertz CT molecular complexity index is 1940. The monoisotopic (exact) mass is 560 g/mol. The lowest BCUT2D eigenvalue weighted by atomic mass is 10.0. The van der Waals surface area contributed by atoms with Gasteiger partial charge in [-0.15, -0.1) is 0 Å². The number of fused-ring (bicyclic) bond motifs is 1. The van der Waals surface area contributed by atoms with Crippen molar-refractivity contribution in [3.8, 4) is 28.7 Å². The van der Waals surface area contributed by atoms with Crippen molar-refractivity contribution in [1.82, 2.24) is 14.3 Å². The van der Waals surface area contributed by atoms with Crippen molar-refractivity contribution in [3.05, 3.63) is 118 Å². The van der Waals surface area contributed by atoms with Crippen molar-refractivity contribution in [2.45, 2.75) is 12.3 Å². The van der Waals surface area contributed by atoms with E-state index in [1.165, 1.54) is 12.3 Å². The predicted octanol–water partition coefficient (Wildman–Crippen LogP) is 5.10. The quantitative estimate of drug-likeness (QED) is 0.274. The Morgan fingerprint density at radius 3 is 2.42 bits per heavy atom. The van der Waals surface area contributed by atoms with Gasteiger partial charge in [0.05, 0.1) is 17.4 Å². The van der Waals surface area contributed by atoms with E-state index >= 15 is 0 Å². The number of hydrogen-bond donors (Lipinski definition) is 2. The fraction of sp³-hybridized carbons (Fsp3) is 0.103. The zero-order chi connectivity index (χ0) is 28.4. The Labute approximate surface area is 228 Å². The maximum absolute atomic E-state index is 14.4. The maximum atomic E-state index is 14.4. The van der Waals surface area contributed by atoms with Crippen LogP contribution in [-0.4, -0.2) is 18.0 Å². The molecular formula is C29H22F2N4O4S. The molecule has 2 aromatic heterocycles. The van der Waals surface area contributed by atoms with Crippen molar-refractivity contribution < 1.29 is 21.9 Å². The van der Waals surface area contributed by atoms with E-state index in [4.69, 9.17) is 10.00 Å². The minimum absolute atomic E-state index is 0.0534. The lowest BCUT2D eigenvalue weighted by molar-refractivity contribution is 0.439. The Kier molecular flexibility index (Phi) is 7.21. The number of benzene rings is 3. The summed E-state index contributed by atoms with van der Waals surface area (Å²) in [4.78, 5) is 15.1. The molecule has 0 radical (unpaired) electrons. The SMILES string of the molecule is Cn1cc(-c2cc(CNS(=O)(=O)Cc3ccc(C#N)cc3)ccc2Oc2ccc(F)cc2F)c2cc[nH]c(=O)c21. The van der Waals surface area contributed by atoms with Gasteiger partial charge in [0, 0.05) is 48.6 Å². The van der Waals surface area contributed by atoms with E-state index in [9.17, 15) is 22.0 Å². The van der Waals surface area contributed by atoms with E-state index < -0.39 is 21.7 Å². The Morgan fingerprint density at radius 2 is 1.70 bits per heavy atom. The molecule has 0 unspecified atom stereocenters. The molecule has 0 amide bonds. The highest BCUT2D eigenvalue weighted by atomic mass is 32.2. The summed E-state index contributed by atoms with van der Waals surface area (Å²) in [5, 5.41) is 9.54. The number of nitrogens with one attached hydrogen (secondary N) is 2. The largest absolute Gasteiger partial charge is 0.454 e. The van der Waals surface area contributed by atoms with Gasteiger partial charge in [-0.05, 0) is 53.6 Å². The van der Waals surface area contributed by atoms with E-state index in [-0.39, 0.29) is 29.4 Å². The zero-order valence-electron chi connectivity index (χ0n) is 21.1. The Morgan fingerprint density at radius 1 is 0.975 bits per heavy atom. The number of halogens is 2. The fourth-order valence-electron chi connectivity index (χ4n) is 4.38. The molecule has 5 aromatic rings. The number of H-pyrrole nitrogens is 1. The summed E-state index contributed by atoms with van der Waals surface area (Å²) < 4.78 is 63.5. The van der Waals surface area contributed by atoms with Crippen LogP contribution in [0, 0.1) is 23.0 Å². The van der Waals surface area contributed by atoms with Crippen LogP contribution in [0.1, 0.15) is 16.7 Å². The molecule has 40 heavy (non-hydrogen) atoms. The van der Waals surface area contributed by atoms with Gasteiger partial charge in [-0.1, -0.05) is 18.2 Å². The number of nitrogens with zero attached hydrogens (tertiary/aromatic N) is 2. The first-order chi connectivity index (χ1) is 19.1. The van der Waals surface area contributed by atoms with Crippen LogP contribution in [0.3, 0.4) is 0 Å². The molecule has 2 N–H and O–H groups in total. The second kappa shape index (κ2) is 10.8. The van der Waals surface area contributed by atoms with Gasteiger partial charge in [-0.25, -0.2) is 21.9 Å². The summed E-state index contributed by atoms with van der Waals surface area (Å²) >= 11 is 0. The number of hydrogen-bond acceptors (Lipinski definition) is 5. The number of rotatable bonds is 8. The highest BCUT2D eigenvalue weighted by Crippen LogP contribution is 2.38. The first-order valence-corrected chi connectivity index (χ1v) is 13.7. The van der Waals surface area contributed by atoms with Crippen molar-refractivity contribution >= 4 is 20.9 Å². The molecule has 0 atom stereocenters. The van der Waals surface area contributed by atoms with Crippen LogP contribution in [0.15, 0.2) is 83.9 Å². The van der Waals surface area contributed by atoms with E-state index in [1.807, 2.05) is 6.07 Å². The lowest BCUT2D eigenvalue weighted by Gasteiger charge is -2.14. The molecule has 0 bridgehead atoms. The van der Waals surface area contributed by atoms with Gasteiger partial charge < -0.3 is 14.3 Å². The smallest absolute Gasteiger partial charge is 0.272 e. The zero-order valence-corrected chi connectivity index (χ0v) is 21.9.